The normalized spacial score (nSPS) is 14.8. The minimum Gasteiger partial charge on any atom is -0.316 e. The first-order valence-electron chi connectivity index (χ1n) is 4.93. The van der Waals surface area contributed by atoms with E-state index in [0.29, 0.717) is 11.8 Å². The zero-order valence-electron chi connectivity index (χ0n) is 9.17. The molecule has 0 rings (SSSR count). The third-order valence-corrected chi connectivity index (χ3v) is 1.78. The van der Waals surface area contributed by atoms with Gasteiger partial charge in [-0.1, -0.05) is 27.7 Å². The standard InChI is InChI=1S/C10H24N2/c1-8(2)6-12(10(5)11)7-9(3)4/h8-10H,6-7,11H2,1-5H3. The molecule has 12 heavy (non-hydrogen) atoms. The molecule has 0 spiro atoms. The smallest absolute Gasteiger partial charge is 0.0542 e. The third-order valence-electron chi connectivity index (χ3n) is 1.78. The van der Waals surface area contributed by atoms with E-state index in [4.69, 9.17) is 5.73 Å². The number of rotatable bonds is 5. The second-order valence-electron chi connectivity index (χ2n) is 4.48. The first-order chi connectivity index (χ1) is 5.43. The molecule has 74 valence electrons. The van der Waals surface area contributed by atoms with Crippen molar-refractivity contribution in [2.75, 3.05) is 13.1 Å². The summed E-state index contributed by atoms with van der Waals surface area (Å²) in [7, 11) is 0. The Morgan fingerprint density at radius 3 is 1.42 bits per heavy atom. The summed E-state index contributed by atoms with van der Waals surface area (Å²) >= 11 is 0. The molecule has 0 aliphatic rings. The summed E-state index contributed by atoms with van der Waals surface area (Å²) in [6.45, 7) is 13.2. The van der Waals surface area contributed by atoms with Gasteiger partial charge in [0.2, 0.25) is 0 Å². The Kier molecular flexibility index (Phi) is 5.51. The van der Waals surface area contributed by atoms with Crippen LogP contribution in [0.4, 0.5) is 0 Å². The Balaban J connectivity index is 3.87. The largest absolute Gasteiger partial charge is 0.316 e. The van der Waals surface area contributed by atoms with Gasteiger partial charge in [0.15, 0.2) is 0 Å². The predicted molar refractivity (Wildman–Crippen MR) is 54.9 cm³/mol. The van der Waals surface area contributed by atoms with E-state index in [1.54, 1.807) is 0 Å². The van der Waals surface area contributed by atoms with E-state index in [0.717, 1.165) is 13.1 Å². The monoisotopic (exact) mass is 172 g/mol. The lowest BCUT2D eigenvalue weighted by Gasteiger charge is -2.29. The van der Waals surface area contributed by atoms with Crippen LogP contribution < -0.4 is 5.73 Å². The molecule has 0 bridgehead atoms. The maximum atomic E-state index is 5.86. The molecule has 0 aliphatic carbocycles. The molecule has 2 N–H and O–H groups in total. The molecule has 0 aromatic carbocycles. The molecule has 2 nitrogen and oxygen atoms in total. The van der Waals surface area contributed by atoms with Crippen molar-refractivity contribution in [1.29, 1.82) is 0 Å². The summed E-state index contributed by atoms with van der Waals surface area (Å²) in [4.78, 5) is 2.34. The minimum absolute atomic E-state index is 0.190. The lowest BCUT2D eigenvalue weighted by atomic mass is 10.1. The van der Waals surface area contributed by atoms with Crippen LogP contribution in [0.3, 0.4) is 0 Å². The molecular formula is C10H24N2. The van der Waals surface area contributed by atoms with Crippen molar-refractivity contribution >= 4 is 0 Å². The summed E-state index contributed by atoms with van der Waals surface area (Å²) in [5.41, 5.74) is 5.86. The van der Waals surface area contributed by atoms with Crippen molar-refractivity contribution in [3.8, 4) is 0 Å². The van der Waals surface area contributed by atoms with Gasteiger partial charge in [0.05, 0.1) is 6.17 Å². The lowest BCUT2D eigenvalue weighted by molar-refractivity contribution is 0.170. The zero-order chi connectivity index (χ0) is 9.72. The van der Waals surface area contributed by atoms with Crippen LogP contribution in [0.2, 0.25) is 0 Å². The predicted octanol–water partition coefficient (Wildman–Crippen LogP) is 1.91. The molecule has 0 radical (unpaired) electrons. The van der Waals surface area contributed by atoms with E-state index in [2.05, 4.69) is 39.5 Å². The topological polar surface area (TPSA) is 29.3 Å². The highest BCUT2D eigenvalue weighted by Crippen LogP contribution is 2.05. The van der Waals surface area contributed by atoms with Crippen LogP contribution in [0.5, 0.6) is 0 Å². The van der Waals surface area contributed by atoms with Gasteiger partial charge in [-0.3, -0.25) is 4.90 Å². The van der Waals surface area contributed by atoms with E-state index in [1.165, 1.54) is 0 Å². The minimum atomic E-state index is 0.190. The van der Waals surface area contributed by atoms with Crippen molar-refractivity contribution in [1.82, 2.24) is 4.90 Å². The van der Waals surface area contributed by atoms with Gasteiger partial charge >= 0.3 is 0 Å². The highest BCUT2D eigenvalue weighted by atomic mass is 15.2. The van der Waals surface area contributed by atoms with Crippen LogP contribution in [0.15, 0.2) is 0 Å². The van der Waals surface area contributed by atoms with Gasteiger partial charge in [-0.05, 0) is 18.8 Å². The molecule has 0 saturated carbocycles. The van der Waals surface area contributed by atoms with Crippen molar-refractivity contribution < 1.29 is 0 Å². The van der Waals surface area contributed by atoms with Crippen LogP contribution in [-0.2, 0) is 0 Å². The van der Waals surface area contributed by atoms with Crippen molar-refractivity contribution in [2.24, 2.45) is 17.6 Å². The summed E-state index contributed by atoms with van der Waals surface area (Å²) in [6, 6.07) is 0. The Hall–Kier alpha value is -0.0800. The molecule has 0 aromatic rings. The van der Waals surface area contributed by atoms with E-state index in [1.807, 2.05) is 0 Å². The molecule has 1 unspecified atom stereocenters. The SMILES string of the molecule is CC(C)CN(CC(C)C)C(C)N. The van der Waals surface area contributed by atoms with Crippen LogP contribution in [0.1, 0.15) is 34.6 Å². The van der Waals surface area contributed by atoms with Gasteiger partial charge in [0.1, 0.15) is 0 Å². The van der Waals surface area contributed by atoms with Crippen molar-refractivity contribution in [2.45, 2.75) is 40.8 Å². The van der Waals surface area contributed by atoms with Crippen LogP contribution >= 0.6 is 0 Å². The van der Waals surface area contributed by atoms with Gasteiger partial charge in [-0.25, -0.2) is 0 Å². The number of hydrogen-bond donors (Lipinski definition) is 1. The van der Waals surface area contributed by atoms with E-state index < -0.39 is 0 Å². The second kappa shape index (κ2) is 5.55. The van der Waals surface area contributed by atoms with Gasteiger partial charge in [0, 0.05) is 13.1 Å². The number of nitrogens with zero attached hydrogens (tertiary/aromatic N) is 1. The van der Waals surface area contributed by atoms with Gasteiger partial charge in [-0.2, -0.15) is 0 Å². The summed E-state index contributed by atoms with van der Waals surface area (Å²) in [6.07, 6.45) is 0.190. The van der Waals surface area contributed by atoms with Crippen molar-refractivity contribution in [3.63, 3.8) is 0 Å². The first kappa shape index (κ1) is 11.9. The fourth-order valence-corrected chi connectivity index (χ4v) is 1.35. The fraction of sp³-hybridized carbons (Fsp3) is 1.00. The molecule has 0 heterocycles. The fourth-order valence-electron chi connectivity index (χ4n) is 1.35. The maximum absolute atomic E-state index is 5.86. The number of hydrogen-bond acceptors (Lipinski definition) is 2. The molecule has 2 heteroatoms. The van der Waals surface area contributed by atoms with E-state index >= 15 is 0 Å². The molecule has 0 fully saturated rings. The third kappa shape index (κ3) is 5.56. The Morgan fingerprint density at radius 1 is 0.917 bits per heavy atom. The van der Waals surface area contributed by atoms with Gasteiger partial charge in [-0.15, -0.1) is 0 Å². The molecule has 0 aliphatic heterocycles. The molecule has 0 aromatic heterocycles. The quantitative estimate of drug-likeness (QED) is 0.642. The summed E-state index contributed by atoms with van der Waals surface area (Å²) < 4.78 is 0. The zero-order valence-corrected chi connectivity index (χ0v) is 9.17. The summed E-state index contributed by atoms with van der Waals surface area (Å²) in [5, 5.41) is 0. The average molecular weight is 172 g/mol. The second-order valence-corrected chi connectivity index (χ2v) is 4.48. The van der Waals surface area contributed by atoms with E-state index in [9.17, 15) is 0 Å². The molecule has 0 saturated heterocycles. The summed E-state index contributed by atoms with van der Waals surface area (Å²) in [5.74, 6) is 1.41. The Labute approximate surface area is 77.1 Å². The first-order valence-corrected chi connectivity index (χ1v) is 4.93. The average Bonchev–Trinajstić information content (AvgIpc) is 1.83. The Bertz CT molecular complexity index is 98.4. The van der Waals surface area contributed by atoms with E-state index in [-0.39, 0.29) is 6.17 Å². The molecule has 1 atom stereocenters. The highest BCUT2D eigenvalue weighted by Gasteiger charge is 2.12. The van der Waals surface area contributed by atoms with Crippen LogP contribution in [0, 0.1) is 11.8 Å². The Morgan fingerprint density at radius 2 is 1.25 bits per heavy atom. The van der Waals surface area contributed by atoms with Crippen LogP contribution in [-0.4, -0.2) is 24.2 Å². The maximum Gasteiger partial charge on any atom is 0.0542 e. The molecule has 0 amide bonds. The van der Waals surface area contributed by atoms with Gasteiger partial charge < -0.3 is 5.73 Å². The van der Waals surface area contributed by atoms with Gasteiger partial charge in [0.25, 0.3) is 0 Å². The number of nitrogens with two attached hydrogens (primary N) is 1. The lowest BCUT2D eigenvalue weighted by Crippen LogP contribution is -2.43. The molecular weight excluding hydrogens is 148 g/mol. The van der Waals surface area contributed by atoms with Crippen LogP contribution in [0.25, 0.3) is 0 Å². The highest BCUT2D eigenvalue weighted by molar-refractivity contribution is 4.65. The van der Waals surface area contributed by atoms with Crippen molar-refractivity contribution in [3.05, 3.63) is 0 Å².